The molecule has 2 aromatic heterocycles. The number of rotatable bonds is 5. The van der Waals surface area contributed by atoms with Crippen LogP contribution in [0.2, 0.25) is 0 Å². The van der Waals surface area contributed by atoms with Crippen LogP contribution >= 0.6 is 0 Å². The summed E-state index contributed by atoms with van der Waals surface area (Å²) >= 11 is 0. The van der Waals surface area contributed by atoms with Gasteiger partial charge in [0, 0.05) is 59.1 Å². The average molecular weight is 341 g/mol. The molecular weight excluding hydrogens is 318 g/mol. The van der Waals surface area contributed by atoms with Gasteiger partial charge in [0.1, 0.15) is 0 Å². The Hall–Kier alpha value is -2.77. The van der Waals surface area contributed by atoms with Gasteiger partial charge in [0.15, 0.2) is 5.82 Å². The third-order valence-electron chi connectivity index (χ3n) is 4.42. The lowest BCUT2D eigenvalue weighted by Gasteiger charge is -2.34. The molecule has 0 aliphatic carbocycles. The van der Waals surface area contributed by atoms with Crippen molar-refractivity contribution >= 4 is 17.7 Å². The lowest BCUT2D eigenvalue weighted by atomic mass is 10.2. The number of anilines is 2. The van der Waals surface area contributed by atoms with Crippen LogP contribution in [0.1, 0.15) is 12.5 Å². The average Bonchev–Trinajstić information content (AvgIpc) is 2.67. The Morgan fingerprint density at radius 3 is 2.60 bits per heavy atom. The van der Waals surface area contributed by atoms with E-state index in [4.69, 9.17) is 0 Å². The maximum absolute atomic E-state index is 11.4. The molecule has 132 valence electrons. The monoisotopic (exact) mass is 341 g/mol. The molecule has 0 N–H and O–H groups in total. The lowest BCUT2D eigenvalue weighted by molar-refractivity contribution is -0.129. The molecule has 25 heavy (non-hydrogen) atoms. The number of nitrogens with zero attached hydrogens (tertiary/aromatic N) is 7. The molecule has 8 nitrogen and oxygen atoms in total. The van der Waals surface area contributed by atoms with Crippen LogP contribution in [0.25, 0.3) is 0 Å². The lowest BCUT2D eigenvalue weighted by Crippen LogP contribution is -2.48. The third-order valence-corrected chi connectivity index (χ3v) is 4.42. The van der Waals surface area contributed by atoms with Crippen molar-refractivity contribution in [2.75, 3.05) is 49.6 Å². The molecule has 0 atom stereocenters. The summed E-state index contributed by atoms with van der Waals surface area (Å²) in [5.74, 6) is 1.54. The highest BCUT2D eigenvalue weighted by Crippen LogP contribution is 2.15. The Bertz CT molecular complexity index is 701. The summed E-state index contributed by atoms with van der Waals surface area (Å²) in [7, 11) is 2.00. The van der Waals surface area contributed by atoms with Gasteiger partial charge in [0.2, 0.25) is 11.9 Å². The van der Waals surface area contributed by atoms with E-state index in [0.29, 0.717) is 19.0 Å². The Kier molecular flexibility index (Phi) is 5.37. The SMILES string of the molecule is CC(=O)N1CCN(c2nncc(N(C)CCc3ccncc3)n2)CC1. The van der Waals surface area contributed by atoms with Crippen LogP contribution in [-0.4, -0.2) is 70.7 Å². The summed E-state index contributed by atoms with van der Waals surface area (Å²) in [6, 6.07) is 4.04. The van der Waals surface area contributed by atoms with Crippen molar-refractivity contribution in [2.45, 2.75) is 13.3 Å². The van der Waals surface area contributed by atoms with Gasteiger partial charge in [-0.15, -0.1) is 5.10 Å². The topological polar surface area (TPSA) is 78.4 Å². The van der Waals surface area contributed by atoms with Crippen molar-refractivity contribution < 1.29 is 4.79 Å². The zero-order valence-electron chi connectivity index (χ0n) is 14.7. The Morgan fingerprint density at radius 2 is 1.92 bits per heavy atom. The molecule has 3 rings (SSSR count). The number of carbonyl (C=O) groups excluding carboxylic acids is 1. The van der Waals surface area contributed by atoms with E-state index in [1.54, 1.807) is 25.5 Å². The molecule has 0 radical (unpaired) electrons. The van der Waals surface area contributed by atoms with Crippen molar-refractivity contribution in [3.8, 4) is 0 Å². The van der Waals surface area contributed by atoms with E-state index in [1.807, 2.05) is 24.1 Å². The summed E-state index contributed by atoms with van der Waals surface area (Å²) in [4.78, 5) is 26.1. The molecule has 1 saturated heterocycles. The first kappa shape index (κ1) is 17.1. The van der Waals surface area contributed by atoms with Gasteiger partial charge in [-0.25, -0.2) is 0 Å². The zero-order valence-corrected chi connectivity index (χ0v) is 14.7. The zero-order chi connectivity index (χ0) is 17.6. The summed E-state index contributed by atoms with van der Waals surface area (Å²) in [6.45, 7) is 5.28. The first-order chi connectivity index (χ1) is 12.1. The quantitative estimate of drug-likeness (QED) is 0.788. The molecule has 1 amide bonds. The second-order valence-corrected chi connectivity index (χ2v) is 6.13. The fourth-order valence-electron chi connectivity index (χ4n) is 2.79. The van der Waals surface area contributed by atoms with Crippen LogP contribution in [0.3, 0.4) is 0 Å². The van der Waals surface area contributed by atoms with Crippen LogP contribution in [0.15, 0.2) is 30.7 Å². The van der Waals surface area contributed by atoms with Crippen LogP contribution in [0, 0.1) is 0 Å². The van der Waals surface area contributed by atoms with Gasteiger partial charge in [-0.05, 0) is 24.1 Å². The second kappa shape index (κ2) is 7.87. The van der Waals surface area contributed by atoms with Crippen molar-refractivity contribution in [3.63, 3.8) is 0 Å². The Balaban J connectivity index is 1.60. The molecule has 8 heteroatoms. The minimum absolute atomic E-state index is 0.114. The van der Waals surface area contributed by atoms with Crippen LogP contribution < -0.4 is 9.80 Å². The number of likely N-dealkylation sites (N-methyl/N-ethyl adjacent to an activating group) is 1. The van der Waals surface area contributed by atoms with Crippen molar-refractivity contribution in [3.05, 3.63) is 36.3 Å². The summed E-state index contributed by atoms with van der Waals surface area (Å²) in [5, 5.41) is 8.26. The van der Waals surface area contributed by atoms with Gasteiger partial charge in [0.05, 0.1) is 6.20 Å². The standard InChI is InChI=1S/C17H23N7O/c1-14(25)23-9-11-24(12-10-23)17-20-16(13-19-21-17)22(2)8-5-15-3-6-18-7-4-15/h3-4,6-7,13H,5,8-12H2,1-2H3. The highest BCUT2D eigenvalue weighted by atomic mass is 16.2. The summed E-state index contributed by atoms with van der Waals surface area (Å²) in [5.41, 5.74) is 1.24. The smallest absolute Gasteiger partial charge is 0.247 e. The fraction of sp³-hybridized carbons (Fsp3) is 0.471. The van der Waals surface area contributed by atoms with Crippen molar-refractivity contribution in [1.82, 2.24) is 25.1 Å². The van der Waals surface area contributed by atoms with Gasteiger partial charge >= 0.3 is 0 Å². The Labute approximate surface area is 147 Å². The minimum Gasteiger partial charge on any atom is -0.358 e. The van der Waals surface area contributed by atoms with Crippen LogP contribution in [0.4, 0.5) is 11.8 Å². The third kappa shape index (κ3) is 4.40. The number of piperazine rings is 1. The largest absolute Gasteiger partial charge is 0.358 e. The number of hydrogen-bond acceptors (Lipinski definition) is 7. The van der Waals surface area contributed by atoms with E-state index < -0.39 is 0 Å². The number of carbonyl (C=O) groups is 1. The molecule has 0 spiro atoms. The first-order valence-corrected chi connectivity index (χ1v) is 8.43. The molecule has 0 aromatic carbocycles. The molecule has 2 aromatic rings. The molecule has 0 unspecified atom stereocenters. The summed E-state index contributed by atoms with van der Waals surface area (Å²) < 4.78 is 0. The van der Waals surface area contributed by atoms with Crippen LogP contribution in [-0.2, 0) is 11.2 Å². The molecule has 0 saturated carbocycles. The number of amides is 1. The molecule has 0 bridgehead atoms. The Morgan fingerprint density at radius 1 is 1.20 bits per heavy atom. The van der Waals surface area contributed by atoms with Gasteiger partial charge in [-0.2, -0.15) is 10.1 Å². The highest BCUT2D eigenvalue weighted by Gasteiger charge is 2.21. The van der Waals surface area contributed by atoms with Crippen molar-refractivity contribution in [1.29, 1.82) is 0 Å². The van der Waals surface area contributed by atoms with Gasteiger partial charge in [0.25, 0.3) is 0 Å². The van der Waals surface area contributed by atoms with Crippen molar-refractivity contribution in [2.24, 2.45) is 0 Å². The van der Waals surface area contributed by atoms with E-state index in [-0.39, 0.29) is 5.91 Å². The van der Waals surface area contributed by atoms with Gasteiger partial charge in [-0.3, -0.25) is 9.78 Å². The van der Waals surface area contributed by atoms with Gasteiger partial charge < -0.3 is 14.7 Å². The normalized spacial score (nSPS) is 14.5. The minimum atomic E-state index is 0.114. The highest BCUT2D eigenvalue weighted by molar-refractivity contribution is 5.73. The fourth-order valence-corrected chi connectivity index (χ4v) is 2.79. The van der Waals surface area contributed by atoms with Crippen LogP contribution in [0.5, 0.6) is 0 Å². The molecule has 1 aliphatic rings. The first-order valence-electron chi connectivity index (χ1n) is 8.43. The van der Waals surface area contributed by atoms with E-state index >= 15 is 0 Å². The summed E-state index contributed by atoms with van der Waals surface area (Å²) in [6.07, 6.45) is 6.21. The molecule has 1 fully saturated rings. The maximum atomic E-state index is 11.4. The number of pyridine rings is 1. The van der Waals surface area contributed by atoms with E-state index in [9.17, 15) is 4.79 Å². The molecular formula is C17H23N7O. The van der Waals surface area contributed by atoms with Gasteiger partial charge in [-0.1, -0.05) is 0 Å². The number of aromatic nitrogens is 4. The molecule has 1 aliphatic heterocycles. The predicted molar refractivity (Wildman–Crippen MR) is 95.5 cm³/mol. The van der Waals surface area contributed by atoms with E-state index in [2.05, 4.69) is 30.0 Å². The second-order valence-electron chi connectivity index (χ2n) is 6.13. The van der Waals surface area contributed by atoms with E-state index in [0.717, 1.165) is 31.9 Å². The number of hydrogen-bond donors (Lipinski definition) is 0. The molecule has 3 heterocycles. The maximum Gasteiger partial charge on any atom is 0.247 e. The van der Waals surface area contributed by atoms with E-state index in [1.165, 1.54) is 5.56 Å². The predicted octanol–water partition coefficient (Wildman–Crippen LogP) is 0.614.